The first kappa shape index (κ1) is 19.3. The number of rotatable bonds is 4. The number of nitrogens with zero attached hydrogens (tertiary/aromatic N) is 4. The molecule has 0 aliphatic rings. The van der Waals surface area contributed by atoms with Gasteiger partial charge in [-0.1, -0.05) is 18.2 Å². The Kier molecular flexibility index (Phi) is 4.70. The van der Waals surface area contributed by atoms with Gasteiger partial charge in [-0.3, -0.25) is 9.67 Å². The highest BCUT2D eigenvalue weighted by atomic mass is 32.2. The van der Waals surface area contributed by atoms with E-state index in [-0.39, 0.29) is 4.90 Å². The van der Waals surface area contributed by atoms with Crippen molar-refractivity contribution in [3.05, 3.63) is 59.9 Å². The van der Waals surface area contributed by atoms with Crippen LogP contribution in [-0.4, -0.2) is 34.4 Å². The Hall–Kier alpha value is -3.06. The molecule has 0 aliphatic heterocycles. The maximum Gasteiger partial charge on any atom is 0.182 e. The van der Waals surface area contributed by atoms with Gasteiger partial charge in [-0.25, -0.2) is 13.4 Å². The highest BCUT2D eigenvalue weighted by Crippen LogP contribution is 2.33. The van der Waals surface area contributed by atoms with Gasteiger partial charge in [-0.2, -0.15) is 5.10 Å². The van der Waals surface area contributed by atoms with E-state index in [9.17, 15) is 8.42 Å². The molecule has 0 fully saturated rings. The predicted octanol–water partition coefficient (Wildman–Crippen LogP) is 4.20. The van der Waals surface area contributed by atoms with E-state index in [1.54, 1.807) is 24.3 Å². The molecular formula is C22H22N4O2S. The summed E-state index contributed by atoms with van der Waals surface area (Å²) in [7, 11) is -3.24. The van der Waals surface area contributed by atoms with Gasteiger partial charge in [0.2, 0.25) is 0 Å². The number of benzene rings is 1. The van der Waals surface area contributed by atoms with Gasteiger partial charge in [-0.15, -0.1) is 0 Å². The number of sulfone groups is 1. The molecule has 0 unspecified atom stereocenters. The molecule has 0 amide bonds. The molecule has 0 spiro atoms. The molecule has 1 aromatic carbocycles. The summed E-state index contributed by atoms with van der Waals surface area (Å²) in [5, 5.41) is 5.65. The Labute approximate surface area is 170 Å². The topological polar surface area (TPSA) is 77.7 Å². The molecule has 6 nitrogen and oxygen atoms in total. The second-order valence-electron chi connectivity index (χ2n) is 7.17. The van der Waals surface area contributed by atoms with Gasteiger partial charge in [0.25, 0.3) is 0 Å². The van der Waals surface area contributed by atoms with Crippen LogP contribution in [0.25, 0.3) is 33.5 Å². The van der Waals surface area contributed by atoms with Crippen LogP contribution in [-0.2, 0) is 16.4 Å². The summed E-state index contributed by atoms with van der Waals surface area (Å²) in [5.74, 6) is 0. The van der Waals surface area contributed by atoms with Crippen molar-refractivity contribution in [2.75, 3.05) is 6.26 Å². The third kappa shape index (κ3) is 3.53. The molecule has 4 aromatic rings. The summed E-state index contributed by atoms with van der Waals surface area (Å²) in [6.45, 7) is 6.85. The second-order valence-corrected chi connectivity index (χ2v) is 9.19. The fourth-order valence-electron chi connectivity index (χ4n) is 3.44. The lowest BCUT2D eigenvalue weighted by Crippen LogP contribution is -1.98. The molecule has 0 radical (unpaired) electrons. The van der Waals surface area contributed by atoms with E-state index in [0.717, 1.165) is 45.7 Å². The average Bonchev–Trinajstić information content (AvgIpc) is 3.03. The zero-order valence-corrected chi connectivity index (χ0v) is 17.7. The number of aromatic nitrogens is 4. The van der Waals surface area contributed by atoms with Crippen LogP contribution in [0.5, 0.6) is 0 Å². The summed E-state index contributed by atoms with van der Waals surface area (Å²) in [6.07, 6.45) is 3.05. The monoisotopic (exact) mass is 406 g/mol. The van der Waals surface area contributed by atoms with Crippen molar-refractivity contribution in [1.82, 2.24) is 19.7 Å². The van der Waals surface area contributed by atoms with E-state index in [1.165, 1.54) is 6.26 Å². The van der Waals surface area contributed by atoms with Crippen molar-refractivity contribution < 1.29 is 8.42 Å². The van der Waals surface area contributed by atoms with Crippen LogP contribution in [0.15, 0.2) is 53.6 Å². The molecule has 7 heteroatoms. The van der Waals surface area contributed by atoms with Crippen LogP contribution in [0.2, 0.25) is 0 Å². The quantitative estimate of drug-likeness (QED) is 0.508. The summed E-state index contributed by atoms with van der Waals surface area (Å²) in [5.41, 5.74) is 6.19. The van der Waals surface area contributed by atoms with Gasteiger partial charge in [-0.05, 0) is 50.6 Å². The highest BCUT2D eigenvalue weighted by molar-refractivity contribution is 7.90. The zero-order valence-electron chi connectivity index (χ0n) is 16.8. The summed E-state index contributed by atoms with van der Waals surface area (Å²) in [4.78, 5) is 9.66. The van der Waals surface area contributed by atoms with Gasteiger partial charge in [0.05, 0.1) is 21.7 Å². The molecule has 0 atom stereocenters. The fourth-order valence-corrected chi connectivity index (χ4v) is 4.07. The Morgan fingerprint density at radius 1 is 1.00 bits per heavy atom. The lowest BCUT2D eigenvalue weighted by molar-refractivity contribution is 0.602. The van der Waals surface area contributed by atoms with E-state index in [4.69, 9.17) is 4.98 Å². The minimum atomic E-state index is -3.24. The van der Waals surface area contributed by atoms with Crippen molar-refractivity contribution in [2.45, 2.75) is 32.2 Å². The first-order valence-corrected chi connectivity index (χ1v) is 11.3. The molecule has 0 saturated heterocycles. The largest absolute Gasteiger partial charge is 0.267 e. The lowest BCUT2D eigenvalue weighted by atomic mass is 10.0. The maximum atomic E-state index is 11.8. The minimum Gasteiger partial charge on any atom is -0.267 e. The SMILES string of the molecule is CCn1nc2nc(-c3ccc(S(C)(=O)=O)cc3)cc(-c3ccc(C)cn3)c2c1C. The predicted molar refractivity (Wildman–Crippen MR) is 114 cm³/mol. The molecule has 0 aliphatic carbocycles. The van der Waals surface area contributed by atoms with E-state index < -0.39 is 9.84 Å². The normalized spacial score (nSPS) is 11.9. The summed E-state index contributed by atoms with van der Waals surface area (Å²) >= 11 is 0. The maximum absolute atomic E-state index is 11.8. The molecule has 148 valence electrons. The average molecular weight is 407 g/mol. The molecule has 3 heterocycles. The Balaban J connectivity index is 1.95. The van der Waals surface area contributed by atoms with Gasteiger partial charge >= 0.3 is 0 Å². The Morgan fingerprint density at radius 3 is 2.31 bits per heavy atom. The highest BCUT2D eigenvalue weighted by Gasteiger charge is 2.17. The van der Waals surface area contributed by atoms with E-state index in [2.05, 4.69) is 10.1 Å². The van der Waals surface area contributed by atoms with Crippen molar-refractivity contribution in [1.29, 1.82) is 0 Å². The zero-order chi connectivity index (χ0) is 20.8. The third-order valence-corrected chi connectivity index (χ3v) is 6.16. The van der Waals surface area contributed by atoms with Crippen molar-refractivity contribution in [3.63, 3.8) is 0 Å². The number of hydrogen-bond acceptors (Lipinski definition) is 5. The molecule has 0 bridgehead atoms. The van der Waals surface area contributed by atoms with Crippen molar-refractivity contribution in [2.24, 2.45) is 0 Å². The molecular weight excluding hydrogens is 384 g/mol. The van der Waals surface area contributed by atoms with Crippen LogP contribution < -0.4 is 0 Å². The van der Waals surface area contributed by atoms with Crippen molar-refractivity contribution >= 4 is 20.9 Å². The summed E-state index contributed by atoms with van der Waals surface area (Å²) < 4.78 is 25.5. The standard InChI is InChI=1S/C22H22N4O2S/c1-5-26-15(3)21-18(19-11-6-14(2)13-23-19)12-20(24-22(21)25-26)16-7-9-17(10-8-16)29(4,27)28/h6-13H,5H2,1-4H3. The molecule has 4 rings (SSSR count). The first-order valence-electron chi connectivity index (χ1n) is 9.39. The van der Waals surface area contributed by atoms with Crippen molar-refractivity contribution in [3.8, 4) is 22.5 Å². The lowest BCUT2D eigenvalue weighted by Gasteiger charge is -2.08. The van der Waals surface area contributed by atoms with Crippen LogP contribution >= 0.6 is 0 Å². The van der Waals surface area contributed by atoms with Gasteiger partial charge in [0.1, 0.15) is 0 Å². The van der Waals surface area contributed by atoms with Crippen LogP contribution in [0.4, 0.5) is 0 Å². The number of hydrogen-bond donors (Lipinski definition) is 0. The van der Waals surface area contributed by atoms with Gasteiger partial charge in [0, 0.05) is 35.8 Å². The van der Waals surface area contributed by atoms with E-state index in [0.29, 0.717) is 5.65 Å². The Morgan fingerprint density at radius 2 is 1.72 bits per heavy atom. The second kappa shape index (κ2) is 7.08. The first-order chi connectivity index (χ1) is 13.8. The Bertz CT molecular complexity index is 1310. The number of fused-ring (bicyclic) bond motifs is 1. The van der Waals surface area contributed by atoms with Gasteiger partial charge in [0.15, 0.2) is 15.5 Å². The number of pyridine rings is 2. The molecule has 3 aromatic heterocycles. The molecule has 0 N–H and O–H groups in total. The minimum absolute atomic E-state index is 0.286. The van der Waals surface area contributed by atoms with Crippen LogP contribution in [0, 0.1) is 13.8 Å². The van der Waals surface area contributed by atoms with Crippen LogP contribution in [0.1, 0.15) is 18.2 Å². The number of aryl methyl sites for hydroxylation is 3. The fraction of sp³-hybridized carbons (Fsp3) is 0.227. The summed E-state index contributed by atoms with van der Waals surface area (Å²) in [6, 6.07) is 12.8. The third-order valence-electron chi connectivity index (χ3n) is 5.03. The van der Waals surface area contributed by atoms with Gasteiger partial charge < -0.3 is 0 Å². The molecule has 29 heavy (non-hydrogen) atoms. The van der Waals surface area contributed by atoms with E-state index >= 15 is 0 Å². The van der Waals surface area contributed by atoms with E-state index in [1.807, 2.05) is 49.8 Å². The smallest absolute Gasteiger partial charge is 0.182 e. The van der Waals surface area contributed by atoms with Crippen LogP contribution in [0.3, 0.4) is 0 Å². The molecule has 0 saturated carbocycles.